The first-order chi connectivity index (χ1) is 20.7. The van der Waals surface area contributed by atoms with Gasteiger partial charge in [0.25, 0.3) is 15.9 Å². The molecule has 5 rings (SSSR count). The summed E-state index contributed by atoms with van der Waals surface area (Å²) in [5.41, 5.74) is 1.70. The van der Waals surface area contributed by atoms with Crippen molar-refractivity contribution in [2.75, 3.05) is 44.1 Å². The van der Waals surface area contributed by atoms with E-state index in [0.29, 0.717) is 48.3 Å². The minimum absolute atomic E-state index is 0.0861. The molecule has 44 heavy (non-hydrogen) atoms. The highest BCUT2D eigenvalue weighted by atomic mass is 32.2. The van der Waals surface area contributed by atoms with Crippen molar-refractivity contribution in [3.8, 4) is 11.1 Å². The molecule has 8 nitrogen and oxygen atoms in total. The van der Waals surface area contributed by atoms with E-state index >= 15 is 0 Å². The number of sulfonamides is 1. The Kier molecular flexibility index (Phi) is 8.79. The summed E-state index contributed by atoms with van der Waals surface area (Å²) < 4.78 is 74.3. The lowest BCUT2D eigenvalue weighted by Gasteiger charge is -2.26. The van der Waals surface area contributed by atoms with Crippen LogP contribution in [0.5, 0.6) is 0 Å². The predicted octanol–water partition coefficient (Wildman–Crippen LogP) is 6.01. The van der Waals surface area contributed by atoms with Gasteiger partial charge < -0.3 is 15.0 Å². The Hall–Kier alpha value is -3.87. The number of fused-ring (bicyclic) bond motifs is 1. The van der Waals surface area contributed by atoms with Crippen molar-refractivity contribution < 1.29 is 31.1 Å². The van der Waals surface area contributed by atoms with E-state index in [0.717, 1.165) is 30.8 Å². The lowest BCUT2D eigenvalue weighted by atomic mass is 9.87. The number of aromatic nitrogens is 1. The van der Waals surface area contributed by atoms with Gasteiger partial charge in [0.2, 0.25) is 0 Å². The van der Waals surface area contributed by atoms with Crippen molar-refractivity contribution in [3.05, 3.63) is 83.6 Å². The molecule has 3 N–H and O–H groups in total. The molecule has 0 radical (unpaired) electrons. The monoisotopic (exact) mass is 628 g/mol. The number of aromatic amines is 1. The van der Waals surface area contributed by atoms with Gasteiger partial charge in [-0.2, -0.15) is 13.2 Å². The smallest absolute Gasteiger partial charge is 0.379 e. The van der Waals surface area contributed by atoms with Crippen molar-refractivity contribution in [1.82, 2.24) is 15.2 Å². The number of alkyl halides is 3. The van der Waals surface area contributed by atoms with Crippen LogP contribution in [0.1, 0.15) is 42.4 Å². The largest absolute Gasteiger partial charge is 0.416 e. The number of hydrogen-bond donors (Lipinski definition) is 3. The van der Waals surface area contributed by atoms with E-state index in [1.54, 1.807) is 42.5 Å². The van der Waals surface area contributed by atoms with Gasteiger partial charge in [-0.05, 0) is 59.0 Å². The van der Waals surface area contributed by atoms with Gasteiger partial charge in [0.15, 0.2) is 0 Å². The fraction of sp³-hybridized carbons (Fsp3) is 0.344. The zero-order valence-corrected chi connectivity index (χ0v) is 25.5. The average Bonchev–Trinajstić information content (AvgIpc) is 3.36. The number of ether oxygens (including phenoxy) is 1. The van der Waals surface area contributed by atoms with E-state index in [1.165, 1.54) is 12.1 Å². The Morgan fingerprint density at radius 1 is 0.932 bits per heavy atom. The van der Waals surface area contributed by atoms with Crippen molar-refractivity contribution in [2.45, 2.75) is 37.3 Å². The number of halogens is 3. The highest BCUT2D eigenvalue weighted by Crippen LogP contribution is 2.37. The third-order valence-corrected chi connectivity index (χ3v) is 9.02. The summed E-state index contributed by atoms with van der Waals surface area (Å²) in [6.45, 7) is 9.87. The second-order valence-corrected chi connectivity index (χ2v) is 13.5. The Labute approximate surface area is 254 Å². The van der Waals surface area contributed by atoms with E-state index in [9.17, 15) is 26.4 Å². The van der Waals surface area contributed by atoms with Crippen molar-refractivity contribution in [2.24, 2.45) is 0 Å². The molecule has 12 heteroatoms. The van der Waals surface area contributed by atoms with Gasteiger partial charge in [0.05, 0.1) is 23.7 Å². The molecular weight excluding hydrogens is 593 g/mol. The fourth-order valence-corrected chi connectivity index (χ4v) is 6.19. The standard InChI is InChI=1S/C32H35F3N4O4S/c1-31(2,3)22-8-11-25(12-9-22)44(41,42)38-24-10-13-27-26(20-24)28(21-4-6-23(7-5-21)32(33,34)35)29(37-27)30(40)36-14-15-39-16-18-43-19-17-39/h4-13,20,37-38H,14-19H2,1-3H3,(H,36,40). The van der Waals surface area contributed by atoms with Gasteiger partial charge in [-0.1, -0.05) is 45.0 Å². The van der Waals surface area contributed by atoms with Crippen LogP contribution in [-0.2, 0) is 26.4 Å². The van der Waals surface area contributed by atoms with Crippen LogP contribution in [0, 0.1) is 0 Å². The molecule has 0 spiro atoms. The number of carbonyl (C=O) groups excluding carboxylic acids is 1. The summed E-state index contributed by atoms with van der Waals surface area (Å²) in [4.78, 5) is 18.7. The summed E-state index contributed by atoms with van der Waals surface area (Å²) >= 11 is 0. The van der Waals surface area contributed by atoms with Crippen LogP contribution in [0.3, 0.4) is 0 Å². The highest BCUT2D eigenvalue weighted by molar-refractivity contribution is 7.92. The molecule has 0 atom stereocenters. The molecule has 4 aromatic rings. The third kappa shape index (κ3) is 7.09. The molecule has 0 aliphatic carbocycles. The van der Waals surface area contributed by atoms with E-state index < -0.39 is 27.7 Å². The number of benzene rings is 3. The molecule has 3 aromatic carbocycles. The first kappa shape index (κ1) is 31.6. The average molecular weight is 629 g/mol. The lowest BCUT2D eigenvalue weighted by molar-refractivity contribution is -0.137. The molecule has 0 bridgehead atoms. The maximum Gasteiger partial charge on any atom is 0.416 e. The number of nitrogens with one attached hydrogen (secondary N) is 3. The van der Waals surface area contributed by atoms with Gasteiger partial charge in [-0.3, -0.25) is 14.4 Å². The van der Waals surface area contributed by atoms with Crippen LogP contribution < -0.4 is 10.0 Å². The topological polar surface area (TPSA) is 104 Å². The molecule has 1 aliphatic rings. The molecule has 234 valence electrons. The molecular formula is C32H35F3N4O4S. The van der Waals surface area contributed by atoms with Crippen LogP contribution in [0.25, 0.3) is 22.0 Å². The first-order valence-corrected chi connectivity index (χ1v) is 15.8. The Morgan fingerprint density at radius 2 is 1.57 bits per heavy atom. The minimum Gasteiger partial charge on any atom is -0.379 e. The number of H-pyrrole nitrogens is 1. The molecule has 1 aromatic heterocycles. The quantitative estimate of drug-likeness (QED) is 0.222. The summed E-state index contributed by atoms with van der Waals surface area (Å²) in [7, 11) is -3.95. The number of hydrogen-bond acceptors (Lipinski definition) is 5. The third-order valence-electron chi connectivity index (χ3n) is 7.63. The number of rotatable bonds is 8. The molecule has 2 heterocycles. The highest BCUT2D eigenvalue weighted by Gasteiger charge is 2.30. The number of anilines is 1. The van der Waals surface area contributed by atoms with Gasteiger partial charge in [0, 0.05) is 48.3 Å². The first-order valence-electron chi connectivity index (χ1n) is 14.3. The van der Waals surface area contributed by atoms with Crippen LogP contribution >= 0.6 is 0 Å². The SMILES string of the molecule is CC(C)(C)c1ccc(S(=O)(=O)Nc2ccc3[nH]c(C(=O)NCCN4CCOCC4)c(-c4ccc(C(F)(F)F)cc4)c3c2)cc1. The fourth-order valence-electron chi connectivity index (χ4n) is 5.14. The van der Waals surface area contributed by atoms with Crippen LogP contribution in [0.4, 0.5) is 18.9 Å². The van der Waals surface area contributed by atoms with Gasteiger partial charge >= 0.3 is 6.18 Å². The second-order valence-electron chi connectivity index (χ2n) is 11.8. The number of carbonyl (C=O) groups is 1. The second kappa shape index (κ2) is 12.3. The number of amides is 1. The van der Waals surface area contributed by atoms with E-state index in [-0.39, 0.29) is 21.7 Å². The maximum atomic E-state index is 13.4. The van der Waals surface area contributed by atoms with Crippen LogP contribution in [0.2, 0.25) is 0 Å². The summed E-state index contributed by atoms with van der Waals surface area (Å²) in [6.07, 6.45) is -4.52. The molecule has 0 unspecified atom stereocenters. The molecule has 1 fully saturated rings. The van der Waals surface area contributed by atoms with Crippen LogP contribution in [-0.4, -0.2) is 63.6 Å². The van der Waals surface area contributed by atoms with Gasteiger partial charge in [-0.15, -0.1) is 0 Å². The Bertz CT molecular complexity index is 1740. The van der Waals surface area contributed by atoms with Crippen molar-refractivity contribution >= 4 is 32.5 Å². The van der Waals surface area contributed by atoms with E-state index in [2.05, 4.69) is 19.9 Å². The molecule has 0 saturated carbocycles. The zero-order valence-electron chi connectivity index (χ0n) is 24.7. The Balaban J connectivity index is 1.47. The lowest BCUT2D eigenvalue weighted by Crippen LogP contribution is -2.41. The van der Waals surface area contributed by atoms with E-state index in [1.807, 2.05) is 20.8 Å². The summed E-state index contributed by atoms with van der Waals surface area (Å²) in [5, 5.41) is 3.38. The van der Waals surface area contributed by atoms with Crippen molar-refractivity contribution in [1.29, 1.82) is 0 Å². The Morgan fingerprint density at radius 3 is 2.18 bits per heavy atom. The van der Waals surface area contributed by atoms with Crippen molar-refractivity contribution in [3.63, 3.8) is 0 Å². The van der Waals surface area contributed by atoms with E-state index in [4.69, 9.17) is 4.74 Å². The van der Waals surface area contributed by atoms with Gasteiger partial charge in [-0.25, -0.2) is 8.42 Å². The predicted molar refractivity (Wildman–Crippen MR) is 164 cm³/mol. The number of morpholine rings is 1. The molecule has 1 amide bonds. The zero-order chi connectivity index (χ0) is 31.7. The minimum atomic E-state index is -4.52. The summed E-state index contributed by atoms with van der Waals surface area (Å²) in [6, 6.07) is 16.0. The maximum absolute atomic E-state index is 13.4. The van der Waals surface area contributed by atoms with Crippen LogP contribution in [0.15, 0.2) is 71.6 Å². The number of nitrogens with zero attached hydrogens (tertiary/aromatic N) is 1. The summed E-state index contributed by atoms with van der Waals surface area (Å²) in [5.74, 6) is -0.426. The normalized spacial score (nSPS) is 15.0. The van der Waals surface area contributed by atoms with Gasteiger partial charge in [0.1, 0.15) is 5.69 Å². The molecule has 1 saturated heterocycles. The molecule has 1 aliphatic heterocycles.